The lowest BCUT2D eigenvalue weighted by atomic mass is 9.82. The van der Waals surface area contributed by atoms with E-state index in [4.69, 9.17) is 4.42 Å². The molecule has 1 aliphatic carbocycles. The zero-order valence-electron chi connectivity index (χ0n) is 15.1. The third kappa shape index (κ3) is 1.84. The Balaban J connectivity index is 1.92. The van der Waals surface area contributed by atoms with Crippen molar-refractivity contribution in [1.82, 2.24) is 0 Å². The summed E-state index contributed by atoms with van der Waals surface area (Å²) in [4.78, 5) is 0. The summed E-state index contributed by atoms with van der Waals surface area (Å²) < 4.78 is 7.35. The molecule has 0 fully saturated rings. The highest BCUT2D eigenvalue weighted by atomic mass is 79.9. The van der Waals surface area contributed by atoms with Crippen LogP contribution < -0.4 is 0 Å². The van der Waals surface area contributed by atoms with Crippen LogP contribution in [0.25, 0.3) is 43.8 Å². The van der Waals surface area contributed by atoms with Crippen LogP contribution in [0.5, 0.6) is 0 Å². The lowest BCUT2D eigenvalue weighted by Crippen LogP contribution is -2.14. The maximum absolute atomic E-state index is 6.19. The molecule has 4 aromatic carbocycles. The van der Waals surface area contributed by atoms with Gasteiger partial charge in [-0.1, -0.05) is 78.3 Å². The Labute approximate surface area is 165 Å². The van der Waals surface area contributed by atoms with E-state index in [1.54, 1.807) is 0 Å². The molecular weight excluding hydrogens is 396 g/mol. The summed E-state index contributed by atoms with van der Waals surface area (Å²) in [6.07, 6.45) is 0. The molecule has 1 nitrogen and oxygen atoms in total. The minimum atomic E-state index is -0.0518. The van der Waals surface area contributed by atoms with Crippen LogP contribution in [-0.2, 0) is 5.41 Å². The molecule has 2 heteroatoms. The lowest BCUT2D eigenvalue weighted by Gasteiger charge is -2.22. The van der Waals surface area contributed by atoms with Crippen LogP contribution in [0.4, 0.5) is 0 Å². The normalized spacial score (nSPS) is 14.8. The zero-order chi connectivity index (χ0) is 18.3. The van der Waals surface area contributed by atoms with E-state index in [0.717, 1.165) is 15.6 Å². The van der Waals surface area contributed by atoms with Gasteiger partial charge in [-0.15, -0.1) is 0 Å². The minimum Gasteiger partial charge on any atom is -0.456 e. The molecule has 1 heterocycles. The third-order valence-corrected chi connectivity index (χ3v) is 6.79. The smallest absolute Gasteiger partial charge is 0.136 e. The summed E-state index contributed by atoms with van der Waals surface area (Å²) >= 11 is 3.81. The van der Waals surface area contributed by atoms with Gasteiger partial charge < -0.3 is 4.42 Å². The quantitative estimate of drug-likeness (QED) is 0.252. The van der Waals surface area contributed by atoms with Crippen LogP contribution >= 0.6 is 15.9 Å². The topological polar surface area (TPSA) is 13.1 Å². The summed E-state index contributed by atoms with van der Waals surface area (Å²) in [5, 5.41) is 4.98. The van der Waals surface area contributed by atoms with E-state index in [9.17, 15) is 0 Å². The van der Waals surface area contributed by atoms with Crippen molar-refractivity contribution in [3.05, 3.63) is 82.3 Å². The molecule has 0 saturated heterocycles. The van der Waals surface area contributed by atoms with Crippen LogP contribution in [0.15, 0.2) is 75.6 Å². The molecule has 27 heavy (non-hydrogen) atoms. The highest BCUT2D eigenvalue weighted by molar-refractivity contribution is 9.10. The molecule has 0 unspecified atom stereocenters. The van der Waals surface area contributed by atoms with Crippen molar-refractivity contribution in [2.45, 2.75) is 19.3 Å². The first-order valence-corrected chi connectivity index (χ1v) is 10.0. The molecule has 130 valence electrons. The molecule has 0 aliphatic heterocycles. The maximum atomic E-state index is 6.19. The first-order chi connectivity index (χ1) is 13.1. The Morgan fingerprint density at radius 3 is 2.22 bits per heavy atom. The maximum Gasteiger partial charge on any atom is 0.136 e. The van der Waals surface area contributed by atoms with E-state index in [2.05, 4.69) is 90.4 Å². The predicted molar refractivity (Wildman–Crippen MR) is 116 cm³/mol. The second-order valence-corrected chi connectivity index (χ2v) is 8.77. The average Bonchev–Trinajstić information content (AvgIpc) is 3.15. The van der Waals surface area contributed by atoms with Gasteiger partial charge in [-0.3, -0.25) is 0 Å². The molecule has 6 rings (SSSR count). The van der Waals surface area contributed by atoms with Gasteiger partial charge in [0.25, 0.3) is 0 Å². The molecule has 0 amide bonds. The van der Waals surface area contributed by atoms with Gasteiger partial charge in [0.15, 0.2) is 0 Å². The van der Waals surface area contributed by atoms with Crippen LogP contribution in [0.1, 0.15) is 25.0 Å². The van der Waals surface area contributed by atoms with E-state index in [-0.39, 0.29) is 5.41 Å². The summed E-state index contributed by atoms with van der Waals surface area (Å²) in [5.74, 6) is 0. The van der Waals surface area contributed by atoms with Crippen molar-refractivity contribution < 1.29 is 4.42 Å². The van der Waals surface area contributed by atoms with E-state index >= 15 is 0 Å². The number of benzene rings is 4. The second kappa shape index (κ2) is 5.02. The fourth-order valence-corrected chi connectivity index (χ4v) is 5.41. The third-order valence-electron chi connectivity index (χ3n) is 6.13. The van der Waals surface area contributed by atoms with Gasteiger partial charge >= 0.3 is 0 Å². The van der Waals surface area contributed by atoms with Gasteiger partial charge in [-0.05, 0) is 51.2 Å². The molecule has 0 spiro atoms. The Bertz CT molecular complexity index is 1400. The van der Waals surface area contributed by atoms with E-state index in [1.807, 2.05) is 6.07 Å². The Kier molecular flexibility index (Phi) is 2.88. The van der Waals surface area contributed by atoms with Crippen LogP contribution in [0.2, 0.25) is 0 Å². The minimum absolute atomic E-state index is 0.0518. The van der Waals surface area contributed by atoms with Crippen molar-refractivity contribution in [2.75, 3.05) is 0 Å². The molecule has 0 N–H and O–H groups in total. The van der Waals surface area contributed by atoms with Crippen molar-refractivity contribution in [2.24, 2.45) is 0 Å². The molecule has 0 saturated carbocycles. The largest absolute Gasteiger partial charge is 0.456 e. The molecule has 1 aromatic heterocycles. The molecule has 5 aromatic rings. The fourth-order valence-electron chi connectivity index (χ4n) is 4.84. The Morgan fingerprint density at radius 1 is 0.704 bits per heavy atom. The summed E-state index contributed by atoms with van der Waals surface area (Å²) in [6, 6.07) is 23.7. The Hall–Kier alpha value is -2.58. The van der Waals surface area contributed by atoms with E-state index < -0.39 is 0 Å². The number of halogens is 1. The van der Waals surface area contributed by atoms with Gasteiger partial charge in [-0.2, -0.15) is 0 Å². The highest BCUT2D eigenvalue weighted by Crippen LogP contribution is 2.55. The zero-order valence-corrected chi connectivity index (χ0v) is 16.7. The van der Waals surface area contributed by atoms with E-state index in [0.29, 0.717) is 0 Å². The standard InChI is InChI=1S/C25H17BrO/c1-25(2)17-11-12-21-23(16-9-5-6-10-20(16)27-21)24(17)22-15-8-4-3-7-14(15)19(26)13-18(22)25/h3-13H,1-2H3. The number of hydrogen-bond acceptors (Lipinski definition) is 1. The Morgan fingerprint density at radius 2 is 1.41 bits per heavy atom. The fraction of sp³-hybridized carbons (Fsp3) is 0.120. The van der Waals surface area contributed by atoms with E-state index in [1.165, 1.54) is 43.8 Å². The number of para-hydroxylation sites is 1. The van der Waals surface area contributed by atoms with Gasteiger partial charge in [-0.25, -0.2) is 0 Å². The van der Waals surface area contributed by atoms with Crippen molar-refractivity contribution in [3.8, 4) is 11.1 Å². The van der Waals surface area contributed by atoms with Crippen molar-refractivity contribution in [1.29, 1.82) is 0 Å². The lowest BCUT2D eigenvalue weighted by molar-refractivity contribution is 0.656. The predicted octanol–water partition coefficient (Wildman–Crippen LogP) is 7.81. The van der Waals surface area contributed by atoms with Gasteiger partial charge in [0.2, 0.25) is 0 Å². The molecule has 0 atom stereocenters. The number of fused-ring (bicyclic) bond motifs is 9. The van der Waals surface area contributed by atoms with Crippen molar-refractivity contribution >= 4 is 48.6 Å². The van der Waals surface area contributed by atoms with Crippen molar-refractivity contribution in [3.63, 3.8) is 0 Å². The summed E-state index contributed by atoms with van der Waals surface area (Å²) in [7, 11) is 0. The monoisotopic (exact) mass is 412 g/mol. The molecular formula is C25H17BrO. The van der Waals surface area contributed by atoms with Crippen LogP contribution in [-0.4, -0.2) is 0 Å². The first-order valence-electron chi connectivity index (χ1n) is 9.24. The number of furan rings is 1. The number of rotatable bonds is 0. The second-order valence-electron chi connectivity index (χ2n) is 7.91. The molecule has 0 radical (unpaired) electrons. The summed E-state index contributed by atoms with van der Waals surface area (Å²) in [6.45, 7) is 4.65. The summed E-state index contributed by atoms with van der Waals surface area (Å²) in [5.41, 5.74) is 7.30. The molecule has 0 bridgehead atoms. The number of hydrogen-bond donors (Lipinski definition) is 0. The SMILES string of the molecule is CC1(C)c2cc(Br)c3ccccc3c2-c2c1ccc1oc3ccccc3c21. The first kappa shape index (κ1) is 15.5. The molecule has 1 aliphatic rings. The van der Waals surface area contributed by atoms with Gasteiger partial charge in [0.05, 0.1) is 0 Å². The van der Waals surface area contributed by atoms with Gasteiger partial charge in [0, 0.05) is 20.7 Å². The van der Waals surface area contributed by atoms with Gasteiger partial charge in [0.1, 0.15) is 11.2 Å². The van der Waals surface area contributed by atoms with Crippen LogP contribution in [0, 0.1) is 0 Å². The van der Waals surface area contributed by atoms with Crippen LogP contribution in [0.3, 0.4) is 0 Å². The average molecular weight is 413 g/mol. The highest BCUT2D eigenvalue weighted by Gasteiger charge is 2.38.